The number of amides is 1. The lowest BCUT2D eigenvalue weighted by Gasteiger charge is -2.34. The summed E-state index contributed by atoms with van der Waals surface area (Å²) < 4.78 is 34.5. The lowest BCUT2D eigenvalue weighted by atomic mass is 9.97. The lowest BCUT2D eigenvalue weighted by molar-refractivity contribution is 0.0723. The molecule has 0 atom stereocenters. The van der Waals surface area contributed by atoms with Gasteiger partial charge in [0.25, 0.3) is 5.91 Å². The Kier molecular flexibility index (Phi) is 8.05. The Bertz CT molecular complexity index is 1010. The van der Waals surface area contributed by atoms with Crippen LogP contribution in [0.1, 0.15) is 61.9 Å². The Morgan fingerprint density at radius 3 is 2.46 bits per heavy atom. The molecule has 0 radical (unpaired) electrons. The topological polar surface area (TPSA) is 45.7 Å². The first-order valence-electron chi connectivity index (χ1n) is 12.8. The van der Waals surface area contributed by atoms with Gasteiger partial charge in [-0.25, -0.2) is 13.8 Å². The monoisotopic (exact) mass is 485 g/mol. The van der Waals surface area contributed by atoms with Crippen molar-refractivity contribution in [3.63, 3.8) is 0 Å². The minimum Gasteiger partial charge on any atom is -0.477 e. The van der Waals surface area contributed by atoms with E-state index in [1.807, 2.05) is 11.0 Å². The van der Waals surface area contributed by atoms with Gasteiger partial charge in [0.2, 0.25) is 5.88 Å². The van der Waals surface area contributed by atoms with Gasteiger partial charge < -0.3 is 14.5 Å². The fraction of sp³-hybridized carbons (Fsp3) is 0.571. The van der Waals surface area contributed by atoms with E-state index < -0.39 is 5.67 Å². The van der Waals surface area contributed by atoms with Crippen molar-refractivity contribution in [1.82, 2.24) is 14.8 Å². The maximum atomic E-state index is 14.7. The fourth-order valence-corrected chi connectivity index (χ4v) is 5.05. The molecule has 0 unspecified atom stereocenters. The molecule has 1 aromatic carbocycles. The summed E-state index contributed by atoms with van der Waals surface area (Å²) in [6.07, 6.45) is 6.75. The number of piperidine rings is 2. The maximum absolute atomic E-state index is 14.7. The molecule has 3 heterocycles. The summed E-state index contributed by atoms with van der Waals surface area (Å²) in [6.45, 7) is 9.22. The Labute approximate surface area is 207 Å². The zero-order valence-corrected chi connectivity index (χ0v) is 21.2. The maximum Gasteiger partial charge on any atom is 0.253 e. The van der Waals surface area contributed by atoms with Gasteiger partial charge in [-0.3, -0.25) is 4.79 Å². The molecule has 1 amide bonds. The van der Waals surface area contributed by atoms with E-state index in [0.29, 0.717) is 41.6 Å². The summed E-state index contributed by atoms with van der Waals surface area (Å²) >= 11 is 0. The number of rotatable bonds is 7. The third-order valence-corrected chi connectivity index (χ3v) is 7.06. The van der Waals surface area contributed by atoms with Crippen LogP contribution in [-0.4, -0.2) is 65.7 Å². The van der Waals surface area contributed by atoms with Crippen LogP contribution in [0, 0.1) is 18.7 Å². The summed E-state index contributed by atoms with van der Waals surface area (Å²) in [7, 11) is 0. The van der Waals surface area contributed by atoms with E-state index in [9.17, 15) is 13.6 Å². The first kappa shape index (κ1) is 25.5. The van der Waals surface area contributed by atoms with E-state index in [1.165, 1.54) is 6.07 Å². The van der Waals surface area contributed by atoms with E-state index in [-0.39, 0.29) is 11.7 Å². The fourth-order valence-electron chi connectivity index (χ4n) is 5.05. The first-order chi connectivity index (χ1) is 16.7. The predicted molar refractivity (Wildman–Crippen MR) is 134 cm³/mol. The molecule has 0 N–H and O–H groups in total. The third kappa shape index (κ3) is 6.78. The normalized spacial score (nSPS) is 18.0. The number of alkyl halides is 1. The summed E-state index contributed by atoms with van der Waals surface area (Å²) in [4.78, 5) is 21.4. The summed E-state index contributed by atoms with van der Waals surface area (Å²) in [5.41, 5.74) is 1.14. The largest absolute Gasteiger partial charge is 0.477 e. The van der Waals surface area contributed by atoms with Gasteiger partial charge in [0.15, 0.2) is 0 Å². The van der Waals surface area contributed by atoms with E-state index in [0.717, 1.165) is 63.8 Å². The number of aromatic nitrogens is 1. The second-order valence-electron chi connectivity index (χ2n) is 10.6. The molecule has 35 heavy (non-hydrogen) atoms. The van der Waals surface area contributed by atoms with E-state index in [1.54, 1.807) is 39.1 Å². The van der Waals surface area contributed by atoms with Crippen molar-refractivity contribution in [1.29, 1.82) is 0 Å². The zero-order chi connectivity index (χ0) is 25.0. The van der Waals surface area contributed by atoms with Crippen LogP contribution in [0.25, 0.3) is 11.1 Å². The summed E-state index contributed by atoms with van der Waals surface area (Å²) in [5.74, 6) is 0.452. The smallest absolute Gasteiger partial charge is 0.253 e. The lowest BCUT2D eigenvalue weighted by Crippen LogP contribution is -2.41. The Balaban J connectivity index is 1.37. The predicted octanol–water partition coefficient (Wildman–Crippen LogP) is 5.66. The average molecular weight is 486 g/mol. The second kappa shape index (κ2) is 11.0. The van der Waals surface area contributed by atoms with E-state index >= 15 is 0 Å². The van der Waals surface area contributed by atoms with E-state index in [4.69, 9.17) is 4.74 Å². The van der Waals surface area contributed by atoms with Crippen molar-refractivity contribution >= 4 is 5.91 Å². The van der Waals surface area contributed by atoms with Crippen molar-refractivity contribution < 1.29 is 18.3 Å². The molecule has 2 aliphatic heterocycles. The number of pyridine rings is 1. The van der Waals surface area contributed by atoms with Gasteiger partial charge in [-0.2, -0.15) is 0 Å². The molecule has 0 spiro atoms. The van der Waals surface area contributed by atoms with Crippen LogP contribution in [0.15, 0.2) is 30.5 Å². The number of hydrogen-bond acceptors (Lipinski definition) is 4. The van der Waals surface area contributed by atoms with Crippen molar-refractivity contribution in [2.45, 2.75) is 58.5 Å². The molecule has 190 valence electrons. The van der Waals surface area contributed by atoms with E-state index in [2.05, 4.69) is 9.88 Å². The van der Waals surface area contributed by atoms with Gasteiger partial charge >= 0.3 is 0 Å². The van der Waals surface area contributed by atoms with Crippen molar-refractivity contribution in [3.8, 4) is 17.0 Å². The van der Waals surface area contributed by atoms with Crippen molar-refractivity contribution in [2.24, 2.45) is 5.92 Å². The van der Waals surface area contributed by atoms with Crippen LogP contribution >= 0.6 is 0 Å². The molecule has 2 aromatic rings. The van der Waals surface area contributed by atoms with Gasteiger partial charge in [-0.05, 0) is 101 Å². The minimum atomic E-state index is -1.17. The summed E-state index contributed by atoms with van der Waals surface area (Å²) in [5, 5.41) is 0. The zero-order valence-electron chi connectivity index (χ0n) is 21.2. The highest BCUT2D eigenvalue weighted by Gasteiger charge is 2.26. The number of nitrogens with zero attached hydrogens (tertiary/aromatic N) is 3. The average Bonchev–Trinajstić information content (AvgIpc) is 2.85. The standard InChI is InChI=1S/C28H37F2N3O2/c1-20-24(15-23(16-25(20)29)27(34)33-11-5-4-6-12-33)22-7-8-26(31-17-22)35-18-21-9-13-32(14-10-21)19-28(2,3)30/h7-8,15-17,21H,4-6,9-14,18-19H2,1-3H3. The number of ether oxygens (including phenoxy) is 1. The first-order valence-corrected chi connectivity index (χ1v) is 12.8. The van der Waals surface area contributed by atoms with Crippen LogP contribution in [0.3, 0.4) is 0 Å². The van der Waals surface area contributed by atoms with Crippen LogP contribution in [0.2, 0.25) is 0 Å². The van der Waals surface area contributed by atoms with Crippen molar-refractivity contribution in [3.05, 3.63) is 47.4 Å². The Morgan fingerprint density at radius 1 is 1.11 bits per heavy atom. The molecule has 7 heteroatoms. The molecule has 0 saturated carbocycles. The molecule has 4 rings (SSSR count). The SMILES string of the molecule is Cc1c(F)cc(C(=O)N2CCCCC2)cc1-c1ccc(OCC2CCN(CC(C)(C)F)CC2)nc1. The molecule has 0 aliphatic carbocycles. The van der Waals surface area contributed by atoms with Crippen LogP contribution in [-0.2, 0) is 0 Å². The van der Waals surface area contributed by atoms with Crippen LogP contribution in [0.5, 0.6) is 5.88 Å². The van der Waals surface area contributed by atoms with Gasteiger partial charge in [-0.1, -0.05) is 0 Å². The summed E-state index contributed by atoms with van der Waals surface area (Å²) in [6, 6.07) is 6.79. The Hall–Kier alpha value is -2.54. The number of carbonyl (C=O) groups excluding carboxylic acids is 1. The number of hydrogen-bond donors (Lipinski definition) is 0. The number of halogens is 2. The number of benzene rings is 1. The molecule has 2 aliphatic rings. The molecular weight excluding hydrogens is 448 g/mol. The third-order valence-electron chi connectivity index (χ3n) is 7.06. The van der Waals surface area contributed by atoms with Crippen LogP contribution in [0.4, 0.5) is 8.78 Å². The quantitative estimate of drug-likeness (QED) is 0.508. The highest BCUT2D eigenvalue weighted by Crippen LogP contribution is 2.29. The van der Waals surface area contributed by atoms with Gasteiger partial charge in [0, 0.05) is 43.0 Å². The number of carbonyl (C=O) groups is 1. The molecule has 0 bridgehead atoms. The molecule has 2 fully saturated rings. The molecule has 2 saturated heterocycles. The van der Waals surface area contributed by atoms with Gasteiger partial charge in [0.05, 0.1) is 6.61 Å². The minimum absolute atomic E-state index is 0.112. The second-order valence-corrected chi connectivity index (χ2v) is 10.6. The highest BCUT2D eigenvalue weighted by molar-refractivity contribution is 5.96. The number of likely N-dealkylation sites (tertiary alicyclic amines) is 2. The van der Waals surface area contributed by atoms with Crippen molar-refractivity contribution in [2.75, 3.05) is 39.3 Å². The van der Waals surface area contributed by atoms with Crippen LogP contribution < -0.4 is 4.74 Å². The molecular formula is C28H37F2N3O2. The highest BCUT2D eigenvalue weighted by atomic mass is 19.1. The molecule has 1 aromatic heterocycles. The Morgan fingerprint density at radius 2 is 1.83 bits per heavy atom. The van der Waals surface area contributed by atoms with Gasteiger partial charge in [0.1, 0.15) is 11.5 Å². The van der Waals surface area contributed by atoms with Gasteiger partial charge in [-0.15, -0.1) is 0 Å². The molecule has 5 nitrogen and oxygen atoms in total.